The van der Waals surface area contributed by atoms with Gasteiger partial charge in [0.2, 0.25) is 0 Å². The lowest BCUT2D eigenvalue weighted by atomic mass is 10.1. The third kappa shape index (κ3) is 1.88. The van der Waals surface area contributed by atoms with Gasteiger partial charge in [0.25, 0.3) is 11.7 Å². The Kier molecular flexibility index (Phi) is 2.82. The Morgan fingerprint density at radius 3 is 2.59 bits per heavy atom. The first-order valence-corrected chi connectivity index (χ1v) is 5.39. The second kappa shape index (κ2) is 4.03. The molecule has 0 spiro atoms. The summed E-state index contributed by atoms with van der Waals surface area (Å²) in [5.41, 5.74) is -0.441. The van der Waals surface area contributed by atoms with E-state index in [1.807, 2.05) is 0 Å². The van der Waals surface area contributed by atoms with E-state index in [9.17, 15) is 18.4 Å². The Hall–Kier alpha value is -1.56. The topological polar surface area (TPSA) is 37.4 Å². The first-order chi connectivity index (χ1) is 7.91. The summed E-state index contributed by atoms with van der Waals surface area (Å²) in [6.07, 6.45) is 0. The summed E-state index contributed by atoms with van der Waals surface area (Å²) < 4.78 is 26.9. The summed E-state index contributed by atoms with van der Waals surface area (Å²) in [5, 5.41) is 0. The van der Waals surface area contributed by atoms with Crippen molar-refractivity contribution < 1.29 is 18.4 Å². The van der Waals surface area contributed by atoms with Gasteiger partial charge in [-0.3, -0.25) is 14.5 Å². The average molecular weight is 302 g/mol. The van der Waals surface area contributed by atoms with Crippen molar-refractivity contribution in [1.29, 1.82) is 0 Å². The molecule has 2 rings (SSSR count). The van der Waals surface area contributed by atoms with Crippen molar-refractivity contribution >= 4 is 33.3 Å². The zero-order valence-electron chi connectivity index (χ0n) is 8.47. The van der Waals surface area contributed by atoms with Crippen LogP contribution in [0.4, 0.5) is 14.5 Å². The zero-order chi connectivity index (χ0) is 12.7. The van der Waals surface area contributed by atoms with E-state index >= 15 is 0 Å². The van der Waals surface area contributed by atoms with Crippen LogP contribution in [0.2, 0.25) is 0 Å². The smallest absolute Gasteiger partial charge is 0.297 e. The minimum absolute atomic E-state index is 0.0415. The van der Waals surface area contributed by atoms with Crippen molar-refractivity contribution in [3.05, 3.63) is 40.4 Å². The molecule has 0 N–H and O–H groups in total. The van der Waals surface area contributed by atoms with Crippen LogP contribution >= 0.6 is 15.9 Å². The normalized spacial score (nSPS) is 14.2. The van der Waals surface area contributed by atoms with Crippen molar-refractivity contribution in [3.63, 3.8) is 0 Å². The van der Waals surface area contributed by atoms with Gasteiger partial charge in [0.15, 0.2) is 5.82 Å². The molecule has 17 heavy (non-hydrogen) atoms. The van der Waals surface area contributed by atoms with E-state index in [0.717, 1.165) is 11.0 Å². The number of hydrogen-bond donors (Lipinski definition) is 0. The van der Waals surface area contributed by atoms with Gasteiger partial charge in [-0.25, -0.2) is 8.78 Å². The molecule has 6 heteroatoms. The molecule has 0 unspecified atom stereocenters. The third-order valence-electron chi connectivity index (χ3n) is 2.31. The van der Waals surface area contributed by atoms with E-state index in [1.165, 1.54) is 0 Å². The second-order valence-electron chi connectivity index (χ2n) is 3.52. The van der Waals surface area contributed by atoms with Crippen molar-refractivity contribution in [2.75, 3.05) is 11.4 Å². The monoisotopic (exact) mass is 301 g/mol. The number of Topliss-reactive ketones (excluding diaryl/α,β-unsaturated/α-hetero) is 1. The molecule has 0 radical (unpaired) electrons. The standard InChI is InChI=1S/C11H6BrF2NO2/c1-5(12)4-15-9-7(10(16)11(15)17)2-6(13)3-8(9)14/h2-3H,1,4H2. The largest absolute Gasteiger partial charge is 0.299 e. The molecule has 0 atom stereocenters. The molecule has 0 bridgehead atoms. The number of benzene rings is 1. The van der Waals surface area contributed by atoms with Crippen LogP contribution < -0.4 is 4.90 Å². The molecule has 1 aliphatic heterocycles. The molecular formula is C11H6BrF2NO2. The quantitative estimate of drug-likeness (QED) is 0.787. The van der Waals surface area contributed by atoms with Crippen LogP contribution in [0.25, 0.3) is 0 Å². The van der Waals surface area contributed by atoms with Gasteiger partial charge in [0, 0.05) is 10.5 Å². The summed E-state index contributed by atoms with van der Waals surface area (Å²) in [6, 6.07) is 1.49. The Balaban J connectivity index is 2.60. The maximum Gasteiger partial charge on any atom is 0.299 e. The van der Waals surface area contributed by atoms with E-state index < -0.39 is 23.3 Å². The summed E-state index contributed by atoms with van der Waals surface area (Å²) in [7, 11) is 0. The number of nitrogens with zero attached hydrogens (tertiary/aromatic N) is 1. The van der Waals surface area contributed by atoms with Crippen LogP contribution in [-0.2, 0) is 4.79 Å². The van der Waals surface area contributed by atoms with Crippen molar-refractivity contribution in [3.8, 4) is 0 Å². The predicted octanol–water partition coefficient (Wildman–Crippen LogP) is 2.40. The lowest BCUT2D eigenvalue weighted by Crippen LogP contribution is -2.31. The van der Waals surface area contributed by atoms with Crippen LogP contribution in [-0.4, -0.2) is 18.2 Å². The number of rotatable bonds is 2. The third-order valence-corrected chi connectivity index (χ3v) is 2.56. The molecule has 1 aliphatic rings. The molecule has 0 saturated carbocycles. The van der Waals surface area contributed by atoms with Crippen molar-refractivity contribution in [1.82, 2.24) is 0 Å². The summed E-state index contributed by atoms with van der Waals surface area (Å²) in [4.78, 5) is 24.0. The maximum absolute atomic E-state index is 13.6. The number of amides is 1. The molecule has 1 aromatic rings. The minimum atomic E-state index is -0.937. The molecule has 1 amide bonds. The maximum atomic E-state index is 13.6. The highest BCUT2D eigenvalue weighted by Crippen LogP contribution is 2.33. The lowest BCUT2D eigenvalue weighted by molar-refractivity contribution is -0.114. The molecule has 0 saturated heterocycles. The van der Waals surface area contributed by atoms with Gasteiger partial charge in [-0.2, -0.15) is 0 Å². The number of carbonyl (C=O) groups is 2. The van der Waals surface area contributed by atoms with E-state index in [0.29, 0.717) is 10.5 Å². The fourth-order valence-corrected chi connectivity index (χ4v) is 1.93. The Bertz CT molecular complexity index is 557. The summed E-state index contributed by atoms with van der Waals surface area (Å²) >= 11 is 3.03. The highest BCUT2D eigenvalue weighted by Gasteiger charge is 2.38. The molecule has 1 heterocycles. The first kappa shape index (κ1) is 11.9. The van der Waals surface area contributed by atoms with Crippen LogP contribution in [0.3, 0.4) is 0 Å². The predicted molar refractivity (Wildman–Crippen MR) is 61.1 cm³/mol. The summed E-state index contributed by atoms with van der Waals surface area (Å²) in [6.45, 7) is 3.47. The number of hydrogen-bond acceptors (Lipinski definition) is 2. The number of anilines is 1. The average Bonchev–Trinajstić information content (AvgIpc) is 2.43. The van der Waals surface area contributed by atoms with Gasteiger partial charge in [0.1, 0.15) is 5.82 Å². The number of fused-ring (bicyclic) bond motifs is 1. The van der Waals surface area contributed by atoms with Gasteiger partial charge in [0.05, 0.1) is 17.8 Å². The van der Waals surface area contributed by atoms with Crippen LogP contribution in [0.5, 0.6) is 0 Å². The van der Waals surface area contributed by atoms with Crippen LogP contribution in [0.1, 0.15) is 10.4 Å². The molecular weight excluding hydrogens is 296 g/mol. The van der Waals surface area contributed by atoms with E-state index in [2.05, 4.69) is 22.5 Å². The molecule has 1 aromatic carbocycles. The van der Waals surface area contributed by atoms with Gasteiger partial charge in [-0.1, -0.05) is 22.5 Å². The fourth-order valence-electron chi connectivity index (χ4n) is 1.68. The van der Waals surface area contributed by atoms with Gasteiger partial charge >= 0.3 is 0 Å². The van der Waals surface area contributed by atoms with E-state index in [-0.39, 0.29) is 17.8 Å². The highest BCUT2D eigenvalue weighted by molar-refractivity contribution is 9.11. The zero-order valence-corrected chi connectivity index (χ0v) is 10.1. The van der Waals surface area contributed by atoms with E-state index in [1.54, 1.807) is 0 Å². The molecule has 0 fully saturated rings. The SMILES string of the molecule is C=C(Br)CN1C(=O)C(=O)c2cc(F)cc(F)c21. The number of carbonyl (C=O) groups excluding carboxylic acids is 2. The van der Waals surface area contributed by atoms with Crippen LogP contribution in [0, 0.1) is 11.6 Å². The van der Waals surface area contributed by atoms with Gasteiger partial charge in [-0.05, 0) is 6.07 Å². The van der Waals surface area contributed by atoms with Gasteiger partial charge in [-0.15, -0.1) is 0 Å². The van der Waals surface area contributed by atoms with Gasteiger partial charge < -0.3 is 0 Å². The first-order valence-electron chi connectivity index (χ1n) is 4.60. The van der Waals surface area contributed by atoms with Crippen molar-refractivity contribution in [2.45, 2.75) is 0 Å². The molecule has 3 nitrogen and oxygen atoms in total. The number of halogens is 3. The molecule has 88 valence electrons. The Morgan fingerprint density at radius 2 is 2.00 bits per heavy atom. The van der Waals surface area contributed by atoms with Crippen molar-refractivity contribution in [2.24, 2.45) is 0 Å². The minimum Gasteiger partial charge on any atom is -0.297 e. The Morgan fingerprint density at radius 1 is 1.35 bits per heavy atom. The summed E-state index contributed by atoms with van der Waals surface area (Å²) in [5.74, 6) is -3.62. The molecule has 0 aromatic heterocycles. The molecule has 0 aliphatic carbocycles. The Labute approximate surface area is 104 Å². The highest BCUT2D eigenvalue weighted by atomic mass is 79.9. The fraction of sp³-hybridized carbons (Fsp3) is 0.0909. The lowest BCUT2D eigenvalue weighted by Gasteiger charge is -2.16. The van der Waals surface area contributed by atoms with Crippen LogP contribution in [0.15, 0.2) is 23.2 Å². The van der Waals surface area contributed by atoms with E-state index in [4.69, 9.17) is 0 Å². The number of ketones is 1. The second-order valence-corrected chi connectivity index (χ2v) is 4.64.